The predicted molar refractivity (Wildman–Crippen MR) is 82.6 cm³/mol. The SMILES string of the molecule is CC1(CO)CCCC1NC(=O)CNc1ccccc1[N+](=O)[O-]. The zero-order valence-electron chi connectivity index (χ0n) is 12.5. The zero-order chi connectivity index (χ0) is 16.2. The van der Waals surface area contributed by atoms with E-state index in [0.29, 0.717) is 5.69 Å². The number of hydrogen-bond donors (Lipinski definition) is 3. The number of nitro benzene ring substituents is 1. The number of carbonyl (C=O) groups is 1. The van der Waals surface area contributed by atoms with Crippen molar-refractivity contribution < 1.29 is 14.8 Å². The van der Waals surface area contributed by atoms with Gasteiger partial charge in [-0.05, 0) is 18.9 Å². The molecule has 1 aliphatic rings. The Morgan fingerprint density at radius 3 is 2.91 bits per heavy atom. The fourth-order valence-electron chi connectivity index (χ4n) is 2.87. The molecule has 1 fully saturated rings. The van der Waals surface area contributed by atoms with Crippen LogP contribution in [0.25, 0.3) is 0 Å². The second kappa shape index (κ2) is 6.74. The molecule has 7 heteroatoms. The lowest BCUT2D eigenvalue weighted by Crippen LogP contribution is -2.46. The van der Waals surface area contributed by atoms with Gasteiger partial charge in [0.25, 0.3) is 5.69 Å². The van der Waals surface area contributed by atoms with Crippen LogP contribution in [0.3, 0.4) is 0 Å². The summed E-state index contributed by atoms with van der Waals surface area (Å²) in [6.07, 6.45) is 2.69. The van der Waals surface area contributed by atoms with Gasteiger partial charge in [0, 0.05) is 17.5 Å². The molecule has 1 saturated carbocycles. The van der Waals surface area contributed by atoms with Crippen molar-refractivity contribution in [3.63, 3.8) is 0 Å². The number of carbonyl (C=O) groups excluding carboxylic acids is 1. The van der Waals surface area contributed by atoms with Gasteiger partial charge in [-0.15, -0.1) is 0 Å². The minimum absolute atomic E-state index is 0.0372. The number of rotatable bonds is 6. The van der Waals surface area contributed by atoms with E-state index >= 15 is 0 Å². The van der Waals surface area contributed by atoms with Crippen LogP contribution in [0.15, 0.2) is 24.3 Å². The van der Waals surface area contributed by atoms with Gasteiger partial charge in [-0.1, -0.05) is 25.5 Å². The molecule has 2 atom stereocenters. The predicted octanol–water partition coefficient (Wildman–Crippen LogP) is 1.67. The van der Waals surface area contributed by atoms with Gasteiger partial charge in [0.1, 0.15) is 5.69 Å². The van der Waals surface area contributed by atoms with Crippen molar-refractivity contribution in [3.05, 3.63) is 34.4 Å². The second-order valence-corrected chi connectivity index (χ2v) is 5.95. The highest BCUT2D eigenvalue weighted by atomic mass is 16.6. The van der Waals surface area contributed by atoms with Gasteiger partial charge in [0.05, 0.1) is 18.1 Å². The number of nitro groups is 1. The summed E-state index contributed by atoms with van der Waals surface area (Å²) >= 11 is 0. The minimum atomic E-state index is -0.486. The lowest BCUT2D eigenvalue weighted by molar-refractivity contribution is -0.383. The molecule has 0 bridgehead atoms. The van der Waals surface area contributed by atoms with Gasteiger partial charge in [0.15, 0.2) is 0 Å². The highest BCUT2D eigenvalue weighted by Gasteiger charge is 2.38. The van der Waals surface area contributed by atoms with E-state index in [4.69, 9.17) is 0 Å². The molecule has 3 N–H and O–H groups in total. The minimum Gasteiger partial charge on any atom is -0.396 e. The van der Waals surface area contributed by atoms with Gasteiger partial charge in [-0.25, -0.2) is 0 Å². The Hall–Kier alpha value is -2.15. The van der Waals surface area contributed by atoms with E-state index in [9.17, 15) is 20.0 Å². The maximum atomic E-state index is 12.0. The first kappa shape index (κ1) is 16.2. The van der Waals surface area contributed by atoms with Crippen LogP contribution in [-0.2, 0) is 4.79 Å². The molecule has 1 aromatic rings. The molecule has 7 nitrogen and oxygen atoms in total. The van der Waals surface area contributed by atoms with Crippen LogP contribution in [0.5, 0.6) is 0 Å². The number of aliphatic hydroxyl groups excluding tert-OH is 1. The highest BCUT2D eigenvalue weighted by Crippen LogP contribution is 2.37. The Labute approximate surface area is 128 Å². The molecule has 0 spiro atoms. The van der Waals surface area contributed by atoms with Crippen LogP contribution >= 0.6 is 0 Å². The molecular weight excluding hydrogens is 286 g/mol. The molecule has 0 aliphatic heterocycles. The fourth-order valence-corrected chi connectivity index (χ4v) is 2.87. The molecule has 22 heavy (non-hydrogen) atoms. The first-order valence-electron chi connectivity index (χ1n) is 7.34. The first-order valence-corrected chi connectivity index (χ1v) is 7.34. The fraction of sp³-hybridized carbons (Fsp3) is 0.533. The molecule has 0 radical (unpaired) electrons. The van der Waals surface area contributed by atoms with Crippen LogP contribution in [0, 0.1) is 15.5 Å². The molecule has 1 amide bonds. The average Bonchev–Trinajstić information content (AvgIpc) is 2.87. The molecule has 2 unspecified atom stereocenters. The summed E-state index contributed by atoms with van der Waals surface area (Å²) < 4.78 is 0. The average molecular weight is 307 g/mol. The third-order valence-electron chi connectivity index (χ3n) is 4.32. The summed E-state index contributed by atoms with van der Waals surface area (Å²) in [5, 5.41) is 26.1. The van der Waals surface area contributed by atoms with Crippen LogP contribution in [0.4, 0.5) is 11.4 Å². The van der Waals surface area contributed by atoms with Crippen molar-refractivity contribution in [1.29, 1.82) is 0 Å². The summed E-state index contributed by atoms with van der Waals surface area (Å²) in [6, 6.07) is 6.15. The van der Waals surface area contributed by atoms with Gasteiger partial charge in [-0.3, -0.25) is 14.9 Å². The van der Waals surface area contributed by atoms with Crippen LogP contribution in [0.2, 0.25) is 0 Å². The Bertz CT molecular complexity index is 563. The van der Waals surface area contributed by atoms with E-state index in [-0.39, 0.29) is 36.2 Å². The summed E-state index contributed by atoms with van der Waals surface area (Å²) in [7, 11) is 0. The normalized spacial score (nSPS) is 24.0. The topological polar surface area (TPSA) is 104 Å². The van der Waals surface area contributed by atoms with Crippen molar-refractivity contribution in [2.24, 2.45) is 5.41 Å². The third kappa shape index (κ3) is 3.54. The van der Waals surface area contributed by atoms with Crippen molar-refractivity contribution in [2.75, 3.05) is 18.5 Å². The number of nitrogens with one attached hydrogen (secondary N) is 2. The third-order valence-corrected chi connectivity index (χ3v) is 4.32. The summed E-state index contributed by atoms with van der Waals surface area (Å²) in [4.78, 5) is 22.5. The van der Waals surface area contributed by atoms with Gasteiger partial charge in [0.2, 0.25) is 5.91 Å². The summed E-state index contributed by atoms with van der Waals surface area (Å²) in [5.74, 6) is -0.232. The number of anilines is 1. The van der Waals surface area contributed by atoms with E-state index < -0.39 is 4.92 Å². The van der Waals surface area contributed by atoms with Crippen LogP contribution in [-0.4, -0.2) is 35.1 Å². The number of benzene rings is 1. The monoisotopic (exact) mass is 307 g/mol. The number of hydrogen-bond acceptors (Lipinski definition) is 5. The summed E-state index contributed by atoms with van der Waals surface area (Å²) in [5.41, 5.74) is -0.0237. The van der Waals surface area contributed by atoms with Gasteiger partial charge in [-0.2, -0.15) is 0 Å². The maximum absolute atomic E-state index is 12.0. The molecular formula is C15H21N3O4. The van der Waals surface area contributed by atoms with Crippen molar-refractivity contribution in [2.45, 2.75) is 32.2 Å². The molecule has 0 aromatic heterocycles. The van der Waals surface area contributed by atoms with Crippen molar-refractivity contribution in [1.82, 2.24) is 5.32 Å². The van der Waals surface area contributed by atoms with E-state index in [2.05, 4.69) is 10.6 Å². The number of para-hydroxylation sites is 2. The van der Waals surface area contributed by atoms with Crippen LogP contribution < -0.4 is 10.6 Å². The Kier molecular flexibility index (Phi) is 4.97. The molecule has 1 aromatic carbocycles. The molecule has 0 saturated heterocycles. The summed E-state index contributed by atoms with van der Waals surface area (Å²) in [6.45, 7) is 1.96. The van der Waals surface area contributed by atoms with E-state index in [0.717, 1.165) is 19.3 Å². The largest absolute Gasteiger partial charge is 0.396 e. The van der Waals surface area contributed by atoms with Crippen molar-refractivity contribution in [3.8, 4) is 0 Å². The maximum Gasteiger partial charge on any atom is 0.292 e. The van der Waals surface area contributed by atoms with E-state index in [1.165, 1.54) is 6.07 Å². The molecule has 120 valence electrons. The van der Waals surface area contributed by atoms with Crippen LogP contribution in [0.1, 0.15) is 26.2 Å². The highest BCUT2D eigenvalue weighted by molar-refractivity contribution is 5.82. The number of nitrogens with zero attached hydrogens (tertiary/aromatic N) is 1. The van der Waals surface area contributed by atoms with Crippen molar-refractivity contribution >= 4 is 17.3 Å². The Morgan fingerprint density at radius 2 is 2.23 bits per heavy atom. The smallest absolute Gasteiger partial charge is 0.292 e. The lowest BCUT2D eigenvalue weighted by Gasteiger charge is -2.30. The molecule has 0 heterocycles. The number of aliphatic hydroxyl groups is 1. The standard InChI is InChI=1S/C15H21N3O4/c1-15(10-19)8-4-7-13(15)17-14(20)9-16-11-5-2-3-6-12(11)18(21)22/h2-3,5-6,13,16,19H,4,7-10H2,1H3,(H,17,20). The Balaban J connectivity index is 1.92. The zero-order valence-corrected chi connectivity index (χ0v) is 12.5. The molecule has 2 rings (SSSR count). The van der Waals surface area contributed by atoms with Gasteiger partial charge < -0.3 is 15.7 Å². The van der Waals surface area contributed by atoms with Gasteiger partial charge >= 0.3 is 0 Å². The van der Waals surface area contributed by atoms with E-state index in [1.54, 1.807) is 18.2 Å². The number of amides is 1. The quantitative estimate of drug-likeness (QED) is 0.548. The molecule has 1 aliphatic carbocycles. The lowest BCUT2D eigenvalue weighted by atomic mass is 9.86. The Morgan fingerprint density at radius 1 is 1.50 bits per heavy atom. The second-order valence-electron chi connectivity index (χ2n) is 5.95. The van der Waals surface area contributed by atoms with E-state index in [1.807, 2.05) is 6.92 Å². The first-order chi connectivity index (χ1) is 10.5.